The predicted molar refractivity (Wildman–Crippen MR) is 105 cm³/mol. The molecule has 0 bridgehead atoms. The first-order valence-electron chi connectivity index (χ1n) is 8.87. The molecule has 0 radical (unpaired) electrons. The number of alkyl halides is 3. The highest BCUT2D eigenvalue weighted by Gasteiger charge is 2.50. The minimum Gasteiger partial charge on any atom is -0.373 e. The first kappa shape index (κ1) is 21.3. The van der Waals surface area contributed by atoms with Crippen molar-refractivity contribution in [1.29, 1.82) is 0 Å². The van der Waals surface area contributed by atoms with Crippen molar-refractivity contribution in [1.82, 2.24) is 9.88 Å². The molecule has 1 atom stereocenters. The third-order valence-corrected chi connectivity index (χ3v) is 6.12. The minimum atomic E-state index is -4.46. The van der Waals surface area contributed by atoms with Gasteiger partial charge >= 0.3 is 6.18 Å². The van der Waals surface area contributed by atoms with Gasteiger partial charge in [0.05, 0.1) is 17.2 Å². The fourth-order valence-corrected chi connectivity index (χ4v) is 4.52. The van der Waals surface area contributed by atoms with Crippen molar-refractivity contribution in [3.05, 3.63) is 40.9 Å². The molecule has 0 aliphatic carbocycles. The minimum absolute atomic E-state index is 0.215. The molecule has 1 aliphatic heterocycles. The Labute approximate surface area is 170 Å². The molecule has 0 saturated carbocycles. The molecule has 6 nitrogen and oxygen atoms in total. The van der Waals surface area contributed by atoms with Gasteiger partial charge in [-0.2, -0.15) is 13.2 Å². The molecule has 1 unspecified atom stereocenters. The van der Waals surface area contributed by atoms with E-state index in [1.165, 1.54) is 0 Å². The normalized spacial score (nSPS) is 19.4. The standard InChI is InChI=1S/C19H21F3N4O2S/c1-18(2)17(14(28)9-27)26(16-7-13(10-29-16)19(20,21)22)11-25(18)8-12-4-5-24-15(6-12)23-3/h4-7,9-10,17H,8,11H2,1-3H3,(H,23,24). The van der Waals surface area contributed by atoms with Crippen molar-refractivity contribution in [3.63, 3.8) is 0 Å². The SMILES string of the molecule is CNc1cc(CN2CN(c3cc(C(F)(F)F)cs3)C(C(=O)C=O)C2(C)C)ccn1. The molecule has 1 aliphatic rings. The number of thiophene rings is 1. The number of nitrogens with zero attached hydrogens (tertiary/aromatic N) is 3. The molecule has 2 aromatic heterocycles. The van der Waals surface area contributed by atoms with Crippen molar-refractivity contribution in [2.24, 2.45) is 0 Å². The second-order valence-corrected chi connectivity index (χ2v) is 8.25. The number of carbonyl (C=O) groups is 2. The van der Waals surface area contributed by atoms with E-state index in [1.54, 1.807) is 18.1 Å². The maximum absolute atomic E-state index is 13.0. The Morgan fingerprint density at radius 2 is 2.14 bits per heavy atom. The second kappa shape index (κ2) is 7.75. The summed E-state index contributed by atoms with van der Waals surface area (Å²) in [6.45, 7) is 4.29. The van der Waals surface area contributed by atoms with Crippen molar-refractivity contribution in [2.75, 3.05) is 23.9 Å². The van der Waals surface area contributed by atoms with Crippen LogP contribution in [0.15, 0.2) is 29.8 Å². The average molecular weight is 426 g/mol. The van der Waals surface area contributed by atoms with Crippen LogP contribution in [0.5, 0.6) is 0 Å². The van der Waals surface area contributed by atoms with Gasteiger partial charge in [0, 0.05) is 30.7 Å². The summed E-state index contributed by atoms with van der Waals surface area (Å²) in [6.07, 6.45) is -2.56. The molecule has 29 heavy (non-hydrogen) atoms. The monoisotopic (exact) mass is 426 g/mol. The first-order chi connectivity index (χ1) is 13.6. The molecule has 0 aromatic carbocycles. The van der Waals surface area contributed by atoms with E-state index in [9.17, 15) is 22.8 Å². The van der Waals surface area contributed by atoms with Crippen molar-refractivity contribution in [3.8, 4) is 0 Å². The number of anilines is 2. The Bertz CT molecular complexity index is 913. The molecule has 0 spiro atoms. The highest BCUT2D eigenvalue weighted by Crippen LogP contribution is 2.41. The van der Waals surface area contributed by atoms with Crippen molar-refractivity contribution < 1.29 is 22.8 Å². The van der Waals surface area contributed by atoms with E-state index >= 15 is 0 Å². The average Bonchev–Trinajstić information content (AvgIpc) is 3.25. The van der Waals surface area contributed by atoms with Crippen LogP contribution in [-0.4, -0.2) is 47.3 Å². The van der Waals surface area contributed by atoms with E-state index in [0.29, 0.717) is 17.4 Å². The number of Topliss-reactive ketones (excluding diaryl/α,β-unsaturated/α-hetero) is 1. The van der Waals surface area contributed by atoms with Gasteiger partial charge in [0.15, 0.2) is 6.29 Å². The van der Waals surface area contributed by atoms with Crippen LogP contribution in [0.2, 0.25) is 0 Å². The van der Waals surface area contributed by atoms with Gasteiger partial charge in [-0.25, -0.2) is 4.98 Å². The number of nitrogens with one attached hydrogen (secondary N) is 1. The topological polar surface area (TPSA) is 65.5 Å². The summed E-state index contributed by atoms with van der Waals surface area (Å²) >= 11 is 0.912. The molecule has 156 valence electrons. The lowest BCUT2D eigenvalue weighted by Gasteiger charge is -2.34. The number of halogens is 3. The number of hydrogen-bond acceptors (Lipinski definition) is 7. The summed E-state index contributed by atoms with van der Waals surface area (Å²) in [7, 11) is 1.75. The summed E-state index contributed by atoms with van der Waals surface area (Å²) in [4.78, 5) is 31.4. The summed E-state index contributed by atoms with van der Waals surface area (Å²) in [5.41, 5.74) is -0.610. The zero-order chi connectivity index (χ0) is 21.4. The van der Waals surface area contributed by atoms with Crippen LogP contribution in [0.1, 0.15) is 25.0 Å². The number of ketones is 1. The number of aromatic nitrogens is 1. The summed E-state index contributed by atoms with van der Waals surface area (Å²) < 4.78 is 39.1. The zero-order valence-corrected chi connectivity index (χ0v) is 17.0. The molecule has 10 heteroatoms. The fraction of sp³-hybridized carbons (Fsp3) is 0.421. The van der Waals surface area contributed by atoms with Crippen LogP contribution in [0, 0.1) is 0 Å². The van der Waals surface area contributed by atoms with E-state index in [1.807, 2.05) is 30.9 Å². The largest absolute Gasteiger partial charge is 0.417 e. The smallest absolute Gasteiger partial charge is 0.373 e. The van der Waals surface area contributed by atoms with Gasteiger partial charge in [0.1, 0.15) is 11.9 Å². The van der Waals surface area contributed by atoms with Gasteiger partial charge in [-0.05, 0) is 37.6 Å². The zero-order valence-electron chi connectivity index (χ0n) is 16.2. The summed E-state index contributed by atoms with van der Waals surface area (Å²) in [5, 5.41) is 4.28. The van der Waals surface area contributed by atoms with Crippen LogP contribution < -0.4 is 10.2 Å². The molecule has 3 rings (SSSR count). The lowest BCUT2D eigenvalue weighted by Crippen LogP contribution is -2.51. The Balaban J connectivity index is 1.95. The first-order valence-corrected chi connectivity index (χ1v) is 9.75. The third kappa shape index (κ3) is 4.13. The van der Waals surface area contributed by atoms with Crippen molar-refractivity contribution in [2.45, 2.75) is 38.1 Å². The maximum Gasteiger partial charge on any atom is 0.417 e. The van der Waals surface area contributed by atoms with Crippen LogP contribution in [-0.2, 0) is 22.3 Å². The summed E-state index contributed by atoms with van der Waals surface area (Å²) in [5.74, 6) is 0.0232. The molecule has 3 heterocycles. The van der Waals surface area contributed by atoms with E-state index in [4.69, 9.17) is 0 Å². The van der Waals surface area contributed by atoms with Gasteiger partial charge in [-0.1, -0.05) is 0 Å². The van der Waals surface area contributed by atoms with Gasteiger partial charge in [-0.15, -0.1) is 11.3 Å². The number of aldehydes is 1. The van der Waals surface area contributed by atoms with Gasteiger partial charge in [0.25, 0.3) is 0 Å². The Kier molecular flexibility index (Phi) is 5.68. The number of hydrogen-bond donors (Lipinski definition) is 1. The quantitative estimate of drug-likeness (QED) is 0.564. The van der Waals surface area contributed by atoms with E-state index < -0.39 is 29.1 Å². The van der Waals surface area contributed by atoms with Crippen LogP contribution >= 0.6 is 11.3 Å². The van der Waals surface area contributed by atoms with Crippen LogP contribution in [0.4, 0.5) is 24.0 Å². The second-order valence-electron chi connectivity index (χ2n) is 7.36. The maximum atomic E-state index is 13.0. The Hall–Kier alpha value is -2.46. The van der Waals surface area contributed by atoms with Gasteiger partial charge in [0.2, 0.25) is 5.78 Å². The summed E-state index contributed by atoms with van der Waals surface area (Å²) in [6, 6.07) is 3.84. The number of carbonyl (C=O) groups excluding carboxylic acids is 2. The fourth-order valence-electron chi connectivity index (χ4n) is 3.57. The van der Waals surface area contributed by atoms with E-state index in [-0.39, 0.29) is 13.0 Å². The highest BCUT2D eigenvalue weighted by atomic mass is 32.1. The number of rotatable bonds is 6. The Morgan fingerprint density at radius 1 is 1.41 bits per heavy atom. The molecule has 1 saturated heterocycles. The molecular formula is C19H21F3N4O2S. The van der Waals surface area contributed by atoms with E-state index in [2.05, 4.69) is 10.3 Å². The molecule has 1 fully saturated rings. The molecule has 1 N–H and O–H groups in total. The van der Waals surface area contributed by atoms with Crippen LogP contribution in [0.25, 0.3) is 0 Å². The molecule has 2 aromatic rings. The predicted octanol–water partition coefficient (Wildman–Crippen LogP) is 3.40. The van der Waals surface area contributed by atoms with Crippen molar-refractivity contribution >= 4 is 34.2 Å². The molecular weight excluding hydrogens is 405 g/mol. The third-order valence-electron chi connectivity index (χ3n) is 5.15. The van der Waals surface area contributed by atoms with Crippen LogP contribution in [0.3, 0.4) is 0 Å². The van der Waals surface area contributed by atoms with Gasteiger partial charge in [-0.3, -0.25) is 14.5 Å². The van der Waals surface area contributed by atoms with Gasteiger partial charge < -0.3 is 10.2 Å². The Morgan fingerprint density at radius 3 is 2.72 bits per heavy atom. The number of pyridine rings is 1. The lowest BCUT2D eigenvalue weighted by molar-refractivity contribution is -0.137. The van der Waals surface area contributed by atoms with E-state index in [0.717, 1.165) is 28.3 Å². The highest BCUT2D eigenvalue weighted by molar-refractivity contribution is 7.14. The lowest BCUT2D eigenvalue weighted by atomic mass is 9.91. The molecule has 0 amide bonds.